The van der Waals surface area contributed by atoms with Crippen molar-refractivity contribution < 1.29 is 14.6 Å². The number of hydrogen-bond acceptors (Lipinski definition) is 5. The topological polar surface area (TPSA) is 80.0 Å². The molecule has 0 aliphatic carbocycles. The average molecular weight is 591 g/mol. The number of carboxylic acids is 1. The van der Waals surface area contributed by atoms with Crippen LogP contribution >= 0.6 is 0 Å². The van der Waals surface area contributed by atoms with Gasteiger partial charge in [0.15, 0.2) is 11.8 Å². The van der Waals surface area contributed by atoms with Crippen molar-refractivity contribution in [1.29, 1.82) is 0 Å². The average Bonchev–Trinajstić information content (AvgIpc) is 3.41. The first-order valence-electron chi connectivity index (χ1n) is 15.6. The summed E-state index contributed by atoms with van der Waals surface area (Å²) in [5.41, 5.74) is 6.71. The Morgan fingerprint density at radius 3 is 2.52 bits per heavy atom. The number of ether oxygens (including phenoxy) is 1. The third kappa shape index (κ3) is 6.06. The summed E-state index contributed by atoms with van der Waals surface area (Å²) >= 11 is 0. The van der Waals surface area contributed by atoms with E-state index in [-0.39, 0.29) is 5.41 Å². The molecule has 228 valence electrons. The Balaban J connectivity index is 1.57. The van der Waals surface area contributed by atoms with Crippen LogP contribution in [0.25, 0.3) is 28.0 Å². The molecule has 1 saturated heterocycles. The lowest BCUT2D eigenvalue weighted by atomic mass is 9.80. The molecule has 0 saturated carbocycles. The molecular formula is C37H42N4O3. The highest BCUT2D eigenvalue weighted by atomic mass is 16.5. The second kappa shape index (κ2) is 11.7. The number of aliphatic carboxylic acids is 1. The van der Waals surface area contributed by atoms with Crippen molar-refractivity contribution in [1.82, 2.24) is 14.6 Å². The number of rotatable bonds is 3. The van der Waals surface area contributed by atoms with Crippen LogP contribution in [0, 0.1) is 12.3 Å². The first-order valence-corrected chi connectivity index (χ1v) is 15.6. The molecule has 2 aromatic carbocycles. The summed E-state index contributed by atoms with van der Waals surface area (Å²) in [6, 6.07) is 19.1. The maximum absolute atomic E-state index is 12.8. The van der Waals surface area contributed by atoms with E-state index in [1.165, 1.54) is 11.1 Å². The predicted molar refractivity (Wildman–Crippen MR) is 176 cm³/mol. The Kier molecular flexibility index (Phi) is 7.93. The summed E-state index contributed by atoms with van der Waals surface area (Å²) in [7, 11) is 0. The third-order valence-electron chi connectivity index (χ3n) is 8.78. The first-order chi connectivity index (χ1) is 21.0. The van der Waals surface area contributed by atoms with E-state index in [2.05, 4.69) is 84.7 Å². The number of piperidine rings is 1. The number of benzene rings is 2. The number of aromatic nitrogens is 3. The highest BCUT2D eigenvalue weighted by molar-refractivity contribution is 5.79. The van der Waals surface area contributed by atoms with Crippen LogP contribution in [0.15, 0.2) is 78.9 Å². The fraction of sp³-hybridized carbons (Fsp3) is 0.378. The summed E-state index contributed by atoms with van der Waals surface area (Å²) in [5.74, 6) is -0.285. The zero-order chi connectivity index (χ0) is 31.1. The van der Waals surface area contributed by atoms with Crippen LogP contribution in [0.1, 0.15) is 69.9 Å². The molecule has 0 spiro atoms. The molecule has 1 N–H and O–H groups in total. The van der Waals surface area contributed by atoms with Crippen LogP contribution in [0.5, 0.6) is 0 Å². The number of aryl methyl sites for hydroxylation is 2. The van der Waals surface area contributed by atoms with Gasteiger partial charge in [-0.25, -0.2) is 9.78 Å². The molecule has 3 aliphatic heterocycles. The molecule has 7 nitrogen and oxygen atoms in total. The van der Waals surface area contributed by atoms with Crippen molar-refractivity contribution >= 4 is 17.4 Å². The van der Waals surface area contributed by atoms with Crippen LogP contribution in [0.4, 0.5) is 5.82 Å². The summed E-state index contributed by atoms with van der Waals surface area (Å²) in [4.78, 5) is 20.0. The van der Waals surface area contributed by atoms with E-state index in [0.29, 0.717) is 16.9 Å². The number of anilines is 1. The van der Waals surface area contributed by atoms with E-state index in [0.717, 1.165) is 61.4 Å². The van der Waals surface area contributed by atoms with Gasteiger partial charge in [-0.1, -0.05) is 73.7 Å². The van der Waals surface area contributed by atoms with E-state index in [4.69, 9.17) is 14.8 Å². The SMILES string of the molecule is Cc1nc2cc3nn2c(c1[C@H](OC(C)(C)C)C(=O)O)N1CCC(C)(C=CC=CCCc2ccccc2-c2cccc-3c2)CC1. The summed E-state index contributed by atoms with van der Waals surface area (Å²) in [6.45, 7) is 11.4. The summed E-state index contributed by atoms with van der Waals surface area (Å²) in [6.07, 6.45) is 11.6. The van der Waals surface area contributed by atoms with Gasteiger partial charge in [0.2, 0.25) is 0 Å². The molecule has 2 aromatic heterocycles. The highest BCUT2D eigenvalue weighted by Gasteiger charge is 2.36. The van der Waals surface area contributed by atoms with Crippen molar-refractivity contribution in [2.45, 2.75) is 72.0 Å². The molecule has 0 amide bonds. The molecule has 3 aliphatic rings. The van der Waals surface area contributed by atoms with Crippen molar-refractivity contribution in [2.75, 3.05) is 18.0 Å². The lowest BCUT2D eigenvalue weighted by Gasteiger charge is -2.40. The van der Waals surface area contributed by atoms with Crippen molar-refractivity contribution in [2.24, 2.45) is 5.41 Å². The summed E-state index contributed by atoms with van der Waals surface area (Å²) in [5, 5.41) is 15.6. The zero-order valence-electron chi connectivity index (χ0n) is 26.4. The van der Waals surface area contributed by atoms with E-state index in [1.54, 1.807) is 0 Å². The Morgan fingerprint density at radius 2 is 1.77 bits per heavy atom. The smallest absolute Gasteiger partial charge is 0.337 e. The monoisotopic (exact) mass is 590 g/mol. The van der Waals surface area contributed by atoms with Gasteiger partial charge in [-0.15, -0.1) is 0 Å². The number of carbonyl (C=O) groups is 1. The quantitative estimate of drug-likeness (QED) is 0.261. The van der Waals surface area contributed by atoms with Gasteiger partial charge in [0.1, 0.15) is 5.82 Å². The fourth-order valence-electron chi connectivity index (χ4n) is 6.42. The van der Waals surface area contributed by atoms with E-state index >= 15 is 0 Å². The molecule has 6 bridgehead atoms. The number of nitrogens with zero attached hydrogens (tertiary/aromatic N) is 4. The normalized spacial score (nSPS) is 17.2. The van der Waals surface area contributed by atoms with Crippen LogP contribution < -0.4 is 4.90 Å². The molecule has 1 atom stereocenters. The first kappa shape index (κ1) is 29.8. The van der Waals surface area contributed by atoms with Crippen LogP contribution in [-0.2, 0) is 16.0 Å². The van der Waals surface area contributed by atoms with Gasteiger partial charge in [0.05, 0.1) is 16.9 Å². The van der Waals surface area contributed by atoms with Crippen molar-refractivity contribution in [3.05, 3.63) is 95.7 Å². The standard InChI is InChI=1S/C37H42N4O3/c1-25-32(33(35(42)43)44-36(2,3)4)34-40-21-19-37(5,20-22-40)18-11-7-6-8-13-26-14-9-10-17-29(26)27-15-12-16-28(23-27)30-24-31(38-25)41(34)39-30/h6-7,9-12,14-18,23-24,33H,8,13,19-22H2,1-5H3,(H,42,43)/t33-/m0/s1. The molecule has 1 fully saturated rings. The van der Waals surface area contributed by atoms with Gasteiger partial charge in [0, 0.05) is 30.4 Å². The summed E-state index contributed by atoms with van der Waals surface area (Å²) < 4.78 is 8.04. The lowest BCUT2D eigenvalue weighted by Crippen LogP contribution is -2.40. The van der Waals surface area contributed by atoms with E-state index in [1.807, 2.05) is 38.3 Å². The molecule has 44 heavy (non-hydrogen) atoms. The fourth-order valence-corrected chi connectivity index (χ4v) is 6.42. The van der Waals surface area contributed by atoms with Gasteiger partial charge in [-0.2, -0.15) is 9.61 Å². The third-order valence-corrected chi connectivity index (χ3v) is 8.78. The highest BCUT2D eigenvalue weighted by Crippen LogP contribution is 2.40. The Hall–Kier alpha value is -4.23. The second-order valence-corrected chi connectivity index (χ2v) is 13.4. The second-order valence-electron chi connectivity index (χ2n) is 13.4. The largest absolute Gasteiger partial charge is 0.479 e. The minimum Gasteiger partial charge on any atom is -0.479 e. The number of carboxylic acid groups (broad SMARTS) is 1. The predicted octanol–water partition coefficient (Wildman–Crippen LogP) is 7.98. The van der Waals surface area contributed by atoms with Crippen LogP contribution in [0.3, 0.4) is 0 Å². The molecule has 7 heteroatoms. The zero-order valence-corrected chi connectivity index (χ0v) is 26.4. The van der Waals surface area contributed by atoms with Crippen LogP contribution in [0.2, 0.25) is 0 Å². The van der Waals surface area contributed by atoms with E-state index < -0.39 is 17.7 Å². The Labute approximate surface area is 259 Å². The molecule has 5 heterocycles. The molecular weight excluding hydrogens is 548 g/mol. The van der Waals surface area contributed by atoms with Gasteiger partial charge in [-0.05, 0) is 81.5 Å². The maximum Gasteiger partial charge on any atom is 0.337 e. The van der Waals surface area contributed by atoms with Gasteiger partial charge in [-0.3, -0.25) is 0 Å². The maximum atomic E-state index is 12.8. The van der Waals surface area contributed by atoms with Crippen molar-refractivity contribution in [3.8, 4) is 22.4 Å². The lowest BCUT2D eigenvalue weighted by molar-refractivity contribution is -0.160. The van der Waals surface area contributed by atoms with Gasteiger partial charge >= 0.3 is 5.97 Å². The Morgan fingerprint density at radius 1 is 1.02 bits per heavy atom. The number of allylic oxidation sites excluding steroid dienone is 4. The minimum atomic E-state index is -1.19. The van der Waals surface area contributed by atoms with E-state index in [9.17, 15) is 9.90 Å². The molecule has 4 aromatic rings. The van der Waals surface area contributed by atoms with Crippen molar-refractivity contribution in [3.63, 3.8) is 0 Å². The van der Waals surface area contributed by atoms with Gasteiger partial charge in [0.25, 0.3) is 0 Å². The van der Waals surface area contributed by atoms with Crippen LogP contribution in [-0.4, -0.2) is 44.4 Å². The molecule has 7 rings (SSSR count). The van der Waals surface area contributed by atoms with Gasteiger partial charge < -0.3 is 14.7 Å². The minimum absolute atomic E-state index is 0.0419. The number of fused-ring (bicyclic) bond motifs is 5. The Bertz CT molecular complexity index is 1750. The molecule has 0 radical (unpaired) electrons. The number of hydrogen-bond donors (Lipinski definition) is 1. The molecule has 0 unspecified atom stereocenters.